The summed E-state index contributed by atoms with van der Waals surface area (Å²) < 4.78 is 4.72. The average molecular weight is 372 g/mol. The van der Waals surface area contributed by atoms with Crippen molar-refractivity contribution in [2.45, 2.75) is 25.8 Å². The second kappa shape index (κ2) is 7.70. The number of thiophene rings is 1. The van der Waals surface area contributed by atoms with E-state index in [0.717, 1.165) is 12.0 Å². The Balaban J connectivity index is 1.77. The van der Waals surface area contributed by atoms with Crippen molar-refractivity contribution in [3.63, 3.8) is 0 Å². The maximum absolute atomic E-state index is 12.8. The fourth-order valence-electron chi connectivity index (χ4n) is 3.04. The third-order valence-electron chi connectivity index (χ3n) is 4.46. The van der Waals surface area contributed by atoms with Crippen molar-refractivity contribution in [1.29, 1.82) is 0 Å². The highest BCUT2D eigenvalue weighted by molar-refractivity contribution is 7.12. The van der Waals surface area contributed by atoms with Gasteiger partial charge in [-0.25, -0.2) is 4.79 Å². The van der Waals surface area contributed by atoms with Crippen LogP contribution in [-0.4, -0.2) is 42.4 Å². The van der Waals surface area contributed by atoms with Gasteiger partial charge in [0, 0.05) is 12.2 Å². The zero-order chi connectivity index (χ0) is 18.7. The number of ether oxygens (including phenoxy) is 1. The van der Waals surface area contributed by atoms with E-state index in [0.29, 0.717) is 29.1 Å². The maximum Gasteiger partial charge on any atom is 0.337 e. The largest absolute Gasteiger partial charge is 0.465 e. The minimum Gasteiger partial charge on any atom is -0.465 e. The SMILES string of the molecule is COC(=O)c1ccc(C)c(NC(=O)[C@@H]2CCCN2C(=O)c2cccs2)c1. The van der Waals surface area contributed by atoms with Crippen LogP contribution in [0.4, 0.5) is 5.69 Å². The van der Waals surface area contributed by atoms with Crippen LogP contribution in [0.2, 0.25) is 0 Å². The molecule has 6 nitrogen and oxygen atoms in total. The molecule has 136 valence electrons. The van der Waals surface area contributed by atoms with E-state index in [-0.39, 0.29) is 11.8 Å². The molecule has 1 aromatic heterocycles. The van der Waals surface area contributed by atoms with Crippen molar-refractivity contribution in [3.05, 3.63) is 51.7 Å². The van der Waals surface area contributed by atoms with E-state index >= 15 is 0 Å². The molecule has 1 aromatic carbocycles. The highest BCUT2D eigenvalue weighted by atomic mass is 32.1. The Kier molecular flexibility index (Phi) is 5.37. The van der Waals surface area contributed by atoms with Crippen LogP contribution < -0.4 is 5.32 Å². The number of rotatable bonds is 4. The fourth-order valence-corrected chi connectivity index (χ4v) is 3.72. The smallest absolute Gasteiger partial charge is 0.337 e. The number of nitrogens with one attached hydrogen (secondary N) is 1. The number of methoxy groups -OCH3 is 1. The number of likely N-dealkylation sites (tertiary alicyclic amines) is 1. The van der Waals surface area contributed by atoms with Gasteiger partial charge >= 0.3 is 5.97 Å². The van der Waals surface area contributed by atoms with Gasteiger partial charge in [0.25, 0.3) is 5.91 Å². The van der Waals surface area contributed by atoms with Gasteiger partial charge in [0.2, 0.25) is 5.91 Å². The quantitative estimate of drug-likeness (QED) is 0.837. The fraction of sp³-hybridized carbons (Fsp3) is 0.316. The van der Waals surface area contributed by atoms with Crippen LogP contribution in [0.1, 0.15) is 38.4 Å². The van der Waals surface area contributed by atoms with Crippen LogP contribution in [0.3, 0.4) is 0 Å². The third kappa shape index (κ3) is 3.62. The molecular formula is C19H20N2O4S. The number of carbonyl (C=O) groups is 3. The molecule has 2 aromatic rings. The summed E-state index contributed by atoms with van der Waals surface area (Å²) in [5, 5.41) is 4.71. The van der Waals surface area contributed by atoms with Crippen molar-refractivity contribution < 1.29 is 19.1 Å². The first-order chi connectivity index (χ1) is 12.5. The van der Waals surface area contributed by atoms with E-state index in [1.165, 1.54) is 18.4 Å². The van der Waals surface area contributed by atoms with Crippen LogP contribution in [0.25, 0.3) is 0 Å². The summed E-state index contributed by atoms with van der Waals surface area (Å²) in [6.45, 7) is 2.41. The Morgan fingerprint density at radius 3 is 2.77 bits per heavy atom. The summed E-state index contributed by atoms with van der Waals surface area (Å²) >= 11 is 1.37. The van der Waals surface area contributed by atoms with Crippen molar-refractivity contribution in [3.8, 4) is 0 Å². The molecular weight excluding hydrogens is 352 g/mol. The van der Waals surface area contributed by atoms with Gasteiger partial charge in [0.15, 0.2) is 0 Å². The molecule has 7 heteroatoms. The molecule has 2 amide bonds. The van der Waals surface area contributed by atoms with Gasteiger partial charge in [-0.1, -0.05) is 12.1 Å². The predicted molar refractivity (Wildman–Crippen MR) is 99.5 cm³/mol. The summed E-state index contributed by atoms with van der Waals surface area (Å²) in [5.74, 6) is -0.814. The molecule has 0 unspecified atom stereocenters. The molecule has 1 atom stereocenters. The zero-order valence-electron chi connectivity index (χ0n) is 14.7. The molecule has 0 radical (unpaired) electrons. The van der Waals surface area contributed by atoms with Gasteiger partial charge in [0.05, 0.1) is 17.6 Å². The van der Waals surface area contributed by atoms with Gasteiger partial charge in [-0.05, 0) is 48.9 Å². The number of carbonyl (C=O) groups excluding carboxylic acids is 3. The number of benzene rings is 1. The number of hydrogen-bond donors (Lipinski definition) is 1. The van der Waals surface area contributed by atoms with E-state index in [2.05, 4.69) is 5.32 Å². The lowest BCUT2D eigenvalue weighted by Gasteiger charge is -2.24. The first-order valence-corrected chi connectivity index (χ1v) is 9.23. The van der Waals surface area contributed by atoms with E-state index in [9.17, 15) is 14.4 Å². The van der Waals surface area contributed by atoms with Crippen molar-refractivity contribution in [1.82, 2.24) is 4.90 Å². The molecule has 26 heavy (non-hydrogen) atoms. The summed E-state index contributed by atoms with van der Waals surface area (Å²) in [7, 11) is 1.31. The minimum absolute atomic E-state index is 0.113. The van der Waals surface area contributed by atoms with Crippen molar-refractivity contribution >= 4 is 34.8 Å². The Morgan fingerprint density at radius 2 is 2.08 bits per heavy atom. The second-order valence-corrected chi connectivity index (χ2v) is 7.09. The molecule has 3 rings (SSSR count). The molecule has 2 heterocycles. The zero-order valence-corrected chi connectivity index (χ0v) is 15.5. The molecule has 0 aliphatic carbocycles. The lowest BCUT2D eigenvalue weighted by Crippen LogP contribution is -2.43. The van der Waals surface area contributed by atoms with Crippen LogP contribution in [-0.2, 0) is 9.53 Å². The van der Waals surface area contributed by atoms with Crippen LogP contribution in [0.15, 0.2) is 35.7 Å². The van der Waals surface area contributed by atoms with E-state index in [1.807, 2.05) is 18.4 Å². The van der Waals surface area contributed by atoms with Crippen LogP contribution in [0, 0.1) is 6.92 Å². The molecule has 0 saturated carbocycles. The monoisotopic (exact) mass is 372 g/mol. The third-order valence-corrected chi connectivity index (χ3v) is 5.32. The van der Waals surface area contributed by atoms with Crippen molar-refractivity contribution in [2.24, 2.45) is 0 Å². The highest BCUT2D eigenvalue weighted by Crippen LogP contribution is 2.24. The molecule has 1 aliphatic heterocycles. The number of nitrogens with zero attached hydrogens (tertiary/aromatic N) is 1. The second-order valence-electron chi connectivity index (χ2n) is 6.14. The maximum atomic E-state index is 12.8. The van der Waals surface area contributed by atoms with E-state index < -0.39 is 12.0 Å². The molecule has 1 saturated heterocycles. The summed E-state index contributed by atoms with van der Waals surface area (Å²) in [4.78, 5) is 39.4. The molecule has 1 N–H and O–H groups in total. The molecule has 0 spiro atoms. The van der Waals surface area contributed by atoms with Gasteiger partial charge in [-0.3, -0.25) is 9.59 Å². The standard InChI is InChI=1S/C19H20N2O4S/c1-12-7-8-13(19(24)25-2)11-14(12)20-17(22)15-5-3-9-21(15)18(23)16-6-4-10-26-16/h4,6-8,10-11,15H,3,5,9H2,1-2H3,(H,20,22)/t15-/m0/s1. The first kappa shape index (κ1) is 18.1. The number of amides is 2. The lowest BCUT2D eigenvalue weighted by atomic mass is 10.1. The number of anilines is 1. The van der Waals surface area contributed by atoms with Crippen LogP contribution >= 0.6 is 11.3 Å². The molecule has 1 aliphatic rings. The Labute approximate surface area is 155 Å². The van der Waals surface area contributed by atoms with E-state index in [1.54, 1.807) is 29.2 Å². The minimum atomic E-state index is -0.509. The average Bonchev–Trinajstić information content (AvgIpc) is 3.34. The normalized spacial score (nSPS) is 16.4. The first-order valence-electron chi connectivity index (χ1n) is 8.35. The lowest BCUT2D eigenvalue weighted by molar-refractivity contribution is -0.119. The highest BCUT2D eigenvalue weighted by Gasteiger charge is 2.35. The summed E-state index contributed by atoms with van der Waals surface area (Å²) in [5.41, 5.74) is 1.75. The molecule has 1 fully saturated rings. The molecule has 0 bridgehead atoms. The summed E-state index contributed by atoms with van der Waals surface area (Å²) in [6, 6.07) is 8.09. The number of esters is 1. The number of aryl methyl sites for hydroxylation is 1. The van der Waals surface area contributed by atoms with Gasteiger partial charge < -0.3 is 15.0 Å². The van der Waals surface area contributed by atoms with Crippen molar-refractivity contribution in [2.75, 3.05) is 19.0 Å². The van der Waals surface area contributed by atoms with Gasteiger partial charge in [-0.2, -0.15) is 0 Å². The Hall–Kier alpha value is -2.67. The Bertz CT molecular complexity index is 832. The van der Waals surface area contributed by atoms with Gasteiger partial charge in [-0.15, -0.1) is 11.3 Å². The van der Waals surface area contributed by atoms with Crippen LogP contribution in [0.5, 0.6) is 0 Å². The van der Waals surface area contributed by atoms with Gasteiger partial charge in [0.1, 0.15) is 6.04 Å². The number of hydrogen-bond acceptors (Lipinski definition) is 5. The summed E-state index contributed by atoms with van der Waals surface area (Å²) in [6.07, 6.45) is 1.41. The topological polar surface area (TPSA) is 75.7 Å². The Morgan fingerprint density at radius 1 is 1.27 bits per heavy atom. The van der Waals surface area contributed by atoms with E-state index in [4.69, 9.17) is 4.74 Å². The predicted octanol–water partition coefficient (Wildman–Crippen LogP) is 3.09.